The second-order valence-corrected chi connectivity index (χ2v) is 9.87. The van der Waals surface area contributed by atoms with Crippen molar-refractivity contribution in [3.63, 3.8) is 0 Å². The molecule has 1 aliphatic carbocycles. The molecule has 1 amide bonds. The van der Waals surface area contributed by atoms with Crippen LogP contribution in [0.5, 0.6) is 17.2 Å². The summed E-state index contributed by atoms with van der Waals surface area (Å²) in [7, 11) is 0.620. The quantitative estimate of drug-likeness (QED) is 0.565. The Hall–Kier alpha value is -2.78. The summed E-state index contributed by atoms with van der Waals surface area (Å²) < 4.78 is 44.2. The molecule has 9 heteroatoms. The van der Waals surface area contributed by atoms with Gasteiger partial charge in [0.25, 0.3) is 0 Å². The van der Waals surface area contributed by atoms with Crippen molar-refractivity contribution in [3.8, 4) is 17.2 Å². The van der Waals surface area contributed by atoms with Crippen molar-refractivity contribution in [3.05, 3.63) is 48.0 Å². The summed E-state index contributed by atoms with van der Waals surface area (Å²) >= 11 is 0. The highest BCUT2D eigenvalue weighted by Crippen LogP contribution is 2.33. The minimum Gasteiger partial charge on any atom is -0.497 e. The van der Waals surface area contributed by atoms with E-state index in [9.17, 15) is 13.2 Å². The van der Waals surface area contributed by atoms with Gasteiger partial charge in [-0.2, -0.15) is 4.31 Å². The van der Waals surface area contributed by atoms with Gasteiger partial charge in [0.2, 0.25) is 15.9 Å². The van der Waals surface area contributed by atoms with Gasteiger partial charge in [0.15, 0.2) is 11.5 Å². The third kappa shape index (κ3) is 6.17. The van der Waals surface area contributed by atoms with E-state index in [0.29, 0.717) is 18.0 Å². The van der Waals surface area contributed by atoms with Crippen LogP contribution in [-0.2, 0) is 21.4 Å². The van der Waals surface area contributed by atoms with E-state index in [1.165, 1.54) is 30.7 Å². The highest BCUT2D eigenvalue weighted by molar-refractivity contribution is 7.89. The lowest BCUT2D eigenvalue weighted by Crippen LogP contribution is -2.46. The molecule has 0 unspecified atom stereocenters. The SMILES string of the molecule is COc1ccc(CNC(=O)CN(C2CCCCC2)S(=O)(=O)c2ccc(OC)c(OC)c2)cc1. The Morgan fingerprint density at radius 3 is 2.21 bits per heavy atom. The number of amides is 1. The van der Waals surface area contributed by atoms with E-state index in [4.69, 9.17) is 14.2 Å². The fraction of sp³-hybridized carbons (Fsp3) is 0.458. The summed E-state index contributed by atoms with van der Waals surface area (Å²) in [5.74, 6) is 1.15. The molecule has 0 bridgehead atoms. The van der Waals surface area contributed by atoms with Crippen LogP contribution in [0.3, 0.4) is 0 Å². The number of carbonyl (C=O) groups is 1. The summed E-state index contributed by atoms with van der Waals surface area (Å²) in [4.78, 5) is 12.9. The predicted octanol–water partition coefficient (Wildman–Crippen LogP) is 3.35. The number of hydrogen-bond acceptors (Lipinski definition) is 6. The van der Waals surface area contributed by atoms with Crippen LogP contribution in [0.15, 0.2) is 47.4 Å². The minimum absolute atomic E-state index is 0.0775. The Morgan fingerprint density at radius 2 is 1.61 bits per heavy atom. The average Bonchev–Trinajstić information content (AvgIpc) is 2.86. The van der Waals surface area contributed by atoms with Gasteiger partial charge in [-0.15, -0.1) is 0 Å². The first-order valence-electron chi connectivity index (χ1n) is 11.0. The summed E-state index contributed by atoms with van der Waals surface area (Å²) in [6, 6.07) is 11.6. The number of sulfonamides is 1. The van der Waals surface area contributed by atoms with Crippen molar-refractivity contribution < 1.29 is 27.4 Å². The molecule has 180 valence electrons. The smallest absolute Gasteiger partial charge is 0.243 e. The lowest BCUT2D eigenvalue weighted by molar-refractivity contribution is -0.121. The topological polar surface area (TPSA) is 94.2 Å². The normalized spacial score (nSPS) is 14.7. The van der Waals surface area contributed by atoms with Gasteiger partial charge in [-0.05, 0) is 42.7 Å². The Labute approximate surface area is 195 Å². The molecule has 1 aliphatic rings. The van der Waals surface area contributed by atoms with Crippen LogP contribution in [0.4, 0.5) is 0 Å². The average molecular weight is 477 g/mol. The summed E-state index contributed by atoms with van der Waals surface area (Å²) in [5, 5.41) is 2.84. The molecule has 2 aromatic carbocycles. The van der Waals surface area contributed by atoms with Crippen molar-refractivity contribution in [2.24, 2.45) is 0 Å². The standard InChI is InChI=1S/C24H32N2O6S/c1-30-20-11-9-18(10-12-20)16-25-24(27)17-26(19-7-5-4-6-8-19)33(28,29)21-13-14-22(31-2)23(15-21)32-3/h9-15,19H,4-8,16-17H2,1-3H3,(H,25,27). The molecule has 0 spiro atoms. The molecule has 3 rings (SSSR count). The van der Waals surface area contributed by atoms with E-state index in [1.807, 2.05) is 24.3 Å². The Kier molecular flexibility index (Phi) is 8.57. The van der Waals surface area contributed by atoms with Gasteiger partial charge in [0, 0.05) is 18.7 Å². The first-order chi connectivity index (χ1) is 15.9. The van der Waals surface area contributed by atoms with Gasteiger partial charge >= 0.3 is 0 Å². The predicted molar refractivity (Wildman–Crippen MR) is 125 cm³/mol. The van der Waals surface area contributed by atoms with E-state index >= 15 is 0 Å². The van der Waals surface area contributed by atoms with Crippen molar-refractivity contribution in [1.82, 2.24) is 9.62 Å². The molecule has 1 fully saturated rings. The number of hydrogen-bond donors (Lipinski definition) is 1. The van der Waals surface area contributed by atoms with E-state index in [2.05, 4.69) is 5.32 Å². The highest BCUT2D eigenvalue weighted by Gasteiger charge is 2.34. The maximum absolute atomic E-state index is 13.6. The van der Waals surface area contributed by atoms with Crippen LogP contribution < -0.4 is 19.5 Å². The molecular formula is C24H32N2O6S. The van der Waals surface area contributed by atoms with Crippen LogP contribution in [0.25, 0.3) is 0 Å². The molecule has 2 aromatic rings. The first-order valence-corrected chi connectivity index (χ1v) is 12.5. The molecule has 0 radical (unpaired) electrons. The molecule has 8 nitrogen and oxygen atoms in total. The minimum atomic E-state index is -3.92. The number of nitrogens with zero attached hydrogens (tertiary/aromatic N) is 1. The zero-order valence-corrected chi connectivity index (χ0v) is 20.2. The van der Waals surface area contributed by atoms with Gasteiger partial charge in [0.05, 0.1) is 32.8 Å². The molecule has 0 saturated heterocycles. The summed E-state index contributed by atoms with van der Waals surface area (Å²) in [6.07, 6.45) is 4.42. The highest BCUT2D eigenvalue weighted by atomic mass is 32.2. The third-order valence-corrected chi connectivity index (χ3v) is 7.79. The van der Waals surface area contributed by atoms with Crippen LogP contribution in [-0.4, -0.2) is 52.5 Å². The van der Waals surface area contributed by atoms with Gasteiger partial charge in [-0.25, -0.2) is 8.42 Å². The number of rotatable bonds is 10. The number of ether oxygens (including phenoxy) is 3. The van der Waals surface area contributed by atoms with Crippen LogP contribution >= 0.6 is 0 Å². The molecule has 33 heavy (non-hydrogen) atoms. The Bertz CT molecular complexity index is 1030. The van der Waals surface area contributed by atoms with E-state index < -0.39 is 10.0 Å². The first kappa shape index (κ1) is 24.9. The van der Waals surface area contributed by atoms with Gasteiger partial charge in [-0.1, -0.05) is 31.4 Å². The van der Waals surface area contributed by atoms with Crippen molar-refractivity contribution in [2.75, 3.05) is 27.9 Å². The second kappa shape index (κ2) is 11.4. The van der Waals surface area contributed by atoms with Gasteiger partial charge in [-0.3, -0.25) is 4.79 Å². The summed E-state index contributed by atoms with van der Waals surface area (Å²) in [5.41, 5.74) is 0.899. The number of methoxy groups -OCH3 is 3. The van der Waals surface area contributed by atoms with Crippen LogP contribution in [0.2, 0.25) is 0 Å². The fourth-order valence-corrected chi connectivity index (χ4v) is 5.69. The molecule has 0 aromatic heterocycles. The summed E-state index contributed by atoms with van der Waals surface area (Å²) in [6.45, 7) is 0.0647. The number of carbonyl (C=O) groups excluding carboxylic acids is 1. The van der Waals surface area contributed by atoms with E-state index in [1.54, 1.807) is 13.2 Å². The van der Waals surface area contributed by atoms with Gasteiger partial charge in [0.1, 0.15) is 5.75 Å². The molecular weight excluding hydrogens is 444 g/mol. The zero-order chi connectivity index (χ0) is 23.8. The maximum Gasteiger partial charge on any atom is 0.243 e. The largest absolute Gasteiger partial charge is 0.497 e. The fourth-order valence-electron chi connectivity index (χ4n) is 4.03. The van der Waals surface area contributed by atoms with Crippen LogP contribution in [0.1, 0.15) is 37.7 Å². The monoisotopic (exact) mass is 476 g/mol. The molecule has 0 heterocycles. The van der Waals surface area contributed by atoms with Crippen LogP contribution in [0, 0.1) is 0 Å². The zero-order valence-electron chi connectivity index (χ0n) is 19.4. The molecule has 0 atom stereocenters. The van der Waals surface area contributed by atoms with Crippen molar-refractivity contribution in [2.45, 2.75) is 49.6 Å². The maximum atomic E-state index is 13.6. The third-order valence-electron chi connectivity index (χ3n) is 5.89. The molecule has 1 N–H and O–H groups in total. The molecule has 0 aliphatic heterocycles. The van der Waals surface area contributed by atoms with Crippen molar-refractivity contribution in [1.29, 1.82) is 0 Å². The molecule has 1 saturated carbocycles. The number of benzene rings is 2. The van der Waals surface area contributed by atoms with E-state index in [0.717, 1.165) is 43.4 Å². The number of nitrogens with one attached hydrogen (secondary N) is 1. The Balaban J connectivity index is 1.79. The Morgan fingerprint density at radius 1 is 0.939 bits per heavy atom. The van der Waals surface area contributed by atoms with Gasteiger partial charge < -0.3 is 19.5 Å². The van der Waals surface area contributed by atoms with Crippen molar-refractivity contribution >= 4 is 15.9 Å². The lowest BCUT2D eigenvalue weighted by atomic mass is 9.95. The second-order valence-electron chi connectivity index (χ2n) is 7.98. The van der Waals surface area contributed by atoms with E-state index in [-0.39, 0.29) is 23.4 Å². The lowest BCUT2D eigenvalue weighted by Gasteiger charge is -2.33.